The third-order valence-corrected chi connectivity index (χ3v) is 3.84. The van der Waals surface area contributed by atoms with Crippen LogP contribution in [0.3, 0.4) is 0 Å². The van der Waals surface area contributed by atoms with Gasteiger partial charge in [0.2, 0.25) is 0 Å². The lowest BCUT2D eigenvalue weighted by Crippen LogP contribution is -2.34. The largest absolute Gasteiger partial charge is 0.352 e. The lowest BCUT2D eigenvalue weighted by Gasteiger charge is -2.28. The van der Waals surface area contributed by atoms with Gasteiger partial charge in [0.1, 0.15) is 10.7 Å². The maximum absolute atomic E-state index is 11.7. The zero-order chi connectivity index (χ0) is 13.1. The highest BCUT2D eigenvalue weighted by atomic mass is 79.9. The minimum atomic E-state index is -3.25. The van der Waals surface area contributed by atoms with Gasteiger partial charge in [0.15, 0.2) is 9.84 Å². The Morgan fingerprint density at radius 3 is 2.59 bits per heavy atom. The Morgan fingerprint density at radius 2 is 2.12 bits per heavy atom. The Balaban J connectivity index is 3.29. The van der Waals surface area contributed by atoms with Gasteiger partial charge < -0.3 is 4.90 Å². The highest BCUT2D eigenvalue weighted by molar-refractivity contribution is 9.09. The van der Waals surface area contributed by atoms with Crippen LogP contribution in [0.5, 0.6) is 0 Å². The van der Waals surface area contributed by atoms with Gasteiger partial charge in [-0.15, -0.1) is 0 Å². The minimum absolute atomic E-state index is 0.197. The summed E-state index contributed by atoms with van der Waals surface area (Å²) in [4.78, 5) is 6.48. The average molecular weight is 321 g/mol. The first-order chi connectivity index (χ1) is 7.88. The maximum Gasteiger partial charge on any atom is 0.179 e. The Bertz CT molecular complexity index is 474. The number of anilines is 1. The fourth-order valence-electron chi connectivity index (χ4n) is 1.59. The monoisotopic (exact) mass is 320 g/mol. The molecule has 0 spiro atoms. The molecule has 0 unspecified atom stereocenters. The van der Waals surface area contributed by atoms with Crippen LogP contribution in [0, 0.1) is 0 Å². The maximum atomic E-state index is 11.7. The Morgan fingerprint density at radius 1 is 1.47 bits per heavy atom. The number of hydrogen-bond acceptors (Lipinski definition) is 4. The van der Waals surface area contributed by atoms with Crippen LogP contribution in [0.1, 0.15) is 13.8 Å². The normalized spacial score (nSPS) is 11.8. The zero-order valence-corrected chi connectivity index (χ0v) is 12.6. The molecule has 4 nitrogen and oxygen atoms in total. The summed E-state index contributed by atoms with van der Waals surface area (Å²) in [6.07, 6.45) is 2.83. The van der Waals surface area contributed by atoms with Crippen LogP contribution in [-0.4, -0.2) is 37.6 Å². The molecule has 0 bridgehead atoms. The predicted molar refractivity (Wildman–Crippen MR) is 73.6 cm³/mol. The van der Waals surface area contributed by atoms with Crippen LogP contribution in [-0.2, 0) is 9.84 Å². The van der Waals surface area contributed by atoms with E-state index in [1.807, 2.05) is 18.7 Å². The Kier molecular flexibility index (Phi) is 4.94. The Labute approximate surface area is 111 Å². The van der Waals surface area contributed by atoms with Crippen molar-refractivity contribution in [1.29, 1.82) is 0 Å². The zero-order valence-electron chi connectivity index (χ0n) is 10.2. The molecular weight excluding hydrogens is 304 g/mol. The van der Waals surface area contributed by atoms with Gasteiger partial charge in [-0.1, -0.05) is 15.9 Å². The summed E-state index contributed by atoms with van der Waals surface area (Å²) >= 11 is 3.37. The van der Waals surface area contributed by atoms with E-state index in [0.717, 1.165) is 11.9 Å². The van der Waals surface area contributed by atoms with Crippen LogP contribution < -0.4 is 4.90 Å². The van der Waals surface area contributed by atoms with Gasteiger partial charge in [-0.2, -0.15) is 0 Å². The number of nitrogens with zero attached hydrogens (tertiary/aromatic N) is 2. The molecule has 6 heteroatoms. The van der Waals surface area contributed by atoms with Crippen molar-refractivity contribution < 1.29 is 8.42 Å². The smallest absolute Gasteiger partial charge is 0.179 e. The van der Waals surface area contributed by atoms with E-state index in [4.69, 9.17) is 0 Å². The summed E-state index contributed by atoms with van der Waals surface area (Å²) < 4.78 is 23.4. The fraction of sp³-hybridized carbons (Fsp3) is 0.545. The third kappa shape index (κ3) is 3.67. The molecule has 0 N–H and O–H groups in total. The number of hydrogen-bond donors (Lipinski definition) is 0. The van der Waals surface area contributed by atoms with Gasteiger partial charge in [-0.25, -0.2) is 13.4 Å². The highest BCUT2D eigenvalue weighted by Crippen LogP contribution is 2.23. The molecular formula is C11H17BrN2O2S. The number of alkyl halides is 1. The average Bonchev–Trinajstić information content (AvgIpc) is 2.24. The number of pyridine rings is 1. The van der Waals surface area contributed by atoms with E-state index < -0.39 is 9.84 Å². The molecule has 0 amide bonds. The van der Waals surface area contributed by atoms with Crippen LogP contribution >= 0.6 is 15.9 Å². The number of halogens is 1. The van der Waals surface area contributed by atoms with Crippen LogP contribution in [0.4, 0.5) is 5.82 Å². The first-order valence-electron chi connectivity index (χ1n) is 5.35. The summed E-state index contributed by atoms with van der Waals surface area (Å²) in [5, 5.41) is 0.769. The SMILES string of the molecule is CC(C)N(CCBr)c1ncccc1S(C)(=O)=O. The summed E-state index contributed by atoms with van der Waals surface area (Å²) in [6, 6.07) is 3.44. The second kappa shape index (κ2) is 5.82. The van der Waals surface area contributed by atoms with Crippen LogP contribution in [0.25, 0.3) is 0 Å². The summed E-state index contributed by atoms with van der Waals surface area (Å²) in [5.41, 5.74) is 0. The molecule has 0 saturated heterocycles. The summed E-state index contributed by atoms with van der Waals surface area (Å²) in [7, 11) is -3.25. The van der Waals surface area contributed by atoms with Gasteiger partial charge >= 0.3 is 0 Å². The van der Waals surface area contributed by atoms with Gasteiger partial charge in [0.05, 0.1) is 0 Å². The molecule has 1 aromatic rings. The molecule has 1 rings (SSSR count). The number of sulfone groups is 1. The van der Waals surface area contributed by atoms with E-state index in [1.165, 1.54) is 6.26 Å². The first-order valence-corrected chi connectivity index (χ1v) is 8.37. The summed E-state index contributed by atoms with van der Waals surface area (Å²) in [6.45, 7) is 4.75. The van der Waals surface area contributed by atoms with Crippen molar-refractivity contribution in [3.63, 3.8) is 0 Å². The van der Waals surface area contributed by atoms with Gasteiger partial charge in [-0.3, -0.25) is 0 Å². The highest BCUT2D eigenvalue weighted by Gasteiger charge is 2.20. The van der Waals surface area contributed by atoms with Crippen molar-refractivity contribution in [3.05, 3.63) is 18.3 Å². The molecule has 0 fully saturated rings. The van der Waals surface area contributed by atoms with E-state index in [0.29, 0.717) is 5.82 Å². The summed E-state index contributed by atoms with van der Waals surface area (Å²) in [5.74, 6) is 0.532. The van der Waals surface area contributed by atoms with Gasteiger partial charge in [0, 0.05) is 30.4 Å². The van der Waals surface area contributed by atoms with E-state index in [9.17, 15) is 8.42 Å². The first kappa shape index (κ1) is 14.4. The van der Waals surface area contributed by atoms with Crippen molar-refractivity contribution >= 4 is 31.6 Å². The second-order valence-electron chi connectivity index (χ2n) is 4.07. The Hall–Kier alpha value is -0.620. The molecule has 0 radical (unpaired) electrons. The van der Waals surface area contributed by atoms with E-state index >= 15 is 0 Å². The molecule has 1 aromatic heterocycles. The molecule has 17 heavy (non-hydrogen) atoms. The standard InChI is InChI=1S/C11H17BrN2O2S/c1-9(2)14(8-6-12)11-10(17(3,15)16)5-4-7-13-11/h4-5,7,9H,6,8H2,1-3H3. The lowest BCUT2D eigenvalue weighted by molar-refractivity contribution is 0.599. The molecule has 0 atom stereocenters. The van der Waals surface area contributed by atoms with Gasteiger partial charge in [0.25, 0.3) is 0 Å². The van der Waals surface area contributed by atoms with Crippen molar-refractivity contribution in [3.8, 4) is 0 Å². The number of rotatable bonds is 5. The van der Waals surface area contributed by atoms with E-state index in [1.54, 1.807) is 18.3 Å². The molecule has 0 aliphatic heterocycles. The fourth-order valence-corrected chi connectivity index (χ4v) is 2.80. The molecule has 0 saturated carbocycles. The van der Waals surface area contributed by atoms with Crippen LogP contribution in [0.2, 0.25) is 0 Å². The van der Waals surface area contributed by atoms with Crippen molar-refractivity contribution in [1.82, 2.24) is 4.98 Å². The van der Waals surface area contributed by atoms with Crippen molar-refractivity contribution in [2.45, 2.75) is 24.8 Å². The quantitative estimate of drug-likeness (QED) is 0.779. The lowest BCUT2D eigenvalue weighted by atomic mass is 10.3. The predicted octanol–water partition coefficient (Wildman–Crippen LogP) is 2.09. The second-order valence-corrected chi connectivity index (χ2v) is 6.85. The molecule has 96 valence electrons. The topological polar surface area (TPSA) is 50.3 Å². The third-order valence-electron chi connectivity index (χ3n) is 2.37. The molecule has 0 aromatic carbocycles. The molecule has 0 aliphatic carbocycles. The van der Waals surface area contributed by atoms with E-state index in [-0.39, 0.29) is 10.9 Å². The molecule has 0 aliphatic rings. The molecule has 1 heterocycles. The van der Waals surface area contributed by atoms with Crippen LogP contribution in [0.15, 0.2) is 23.2 Å². The minimum Gasteiger partial charge on any atom is -0.352 e. The van der Waals surface area contributed by atoms with Crippen molar-refractivity contribution in [2.24, 2.45) is 0 Å². The van der Waals surface area contributed by atoms with Gasteiger partial charge in [-0.05, 0) is 26.0 Å². The number of aromatic nitrogens is 1. The van der Waals surface area contributed by atoms with E-state index in [2.05, 4.69) is 20.9 Å². The van der Waals surface area contributed by atoms with Crippen molar-refractivity contribution in [2.75, 3.05) is 23.0 Å².